The predicted octanol–water partition coefficient (Wildman–Crippen LogP) is 2.54. The number of aryl methyl sites for hydroxylation is 1. The summed E-state index contributed by atoms with van der Waals surface area (Å²) in [5, 5.41) is 11.2. The molecule has 0 bridgehead atoms. The number of nitro groups is 1. The molecule has 1 fully saturated rings. The number of ether oxygens (including phenoxy) is 1. The van der Waals surface area contributed by atoms with Crippen molar-refractivity contribution >= 4 is 11.6 Å². The average Bonchev–Trinajstić information content (AvgIpc) is 2.95. The molecule has 1 aromatic carbocycles. The van der Waals surface area contributed by atoms with Crippen LogP contribution in [0, 0.1) is 28.8 Å². The molecule has 1 saturated heterocycles. The fraction of sp³-hybridized carbons (Fsp3) is 0.533. The SMILES string of the molecule is CCN(C[C@@H]1CCOC1)C(=O)c1cc(F)cc(C)c1[N+](=O)[O-]. The van der Waals surface area contributed by atoms with E-state index in [1.807, 2.05) is 0 Å². The Labute approximate surface area is 128 Å². The maximum atomic E-state index is 13.6. The van der Waals surface area contributed by atoms with Crippen LogP contribution in [0.15, 0.2) is 12.1 Å². The molecule has 22 heavy (non-hydrogen) atoms. The van der Waals surface area contributed by atoms with Crippen LogP contribution in [-0.4, -0.2) is 42.0 Å². The zero-order chi connectivity index (χ0) is 16.3. The van der Waals surface area contributed by atoms with Crippen molar-refractivity contribution < 1.29 is 18.8 Å². The summed E-state index contributed by atoms with van der Waals surface area (Å²) in [6, 6.07) is 2.01. The Kier molecular flexibility index (Phi) is 5.07. The molecule has 2 rings (SSSR count). The molecule has 0 saturated carbocycles. The summed E-state index contributed by atoms with van der Waals surface area (Å²) in [4.78, 5) is 24.7. The Hall–Kier alpha value is -2.02. The molecular formula is C15H19FN2O4. The fourth-order valence-electron chi connectivity index (χ4n) is 2.71. The fourth-order valence-corrected chi connectivity index (χ4v) is 2.71. The number of nitrogens with zero attached hydrogens (tertiary/aromatic N) is 2. The smallest absolute Gasteiger partial charge is 0.285 e. The third-order valence-electron chi connectivity index (χ3n) is 3.85. The number of halogens is 1. The van der Waals surface area contributed by atoms with Crippen molar-refractivity contribution in [3.63, 3.8) is 0 Å². The zero-order valence-electron chi connectivity index (χ0n) is 12.7. The average molecular weight is 310 g/mol. The van der Waals surface area contributed by atoms with Crippen LogP contribution in [-0.2, 0) is 4.74 Å². The Bertz CT molecular complexity index is 585. The molecule has 1 amide bonds. The van der Waals surface area contributed by atoms with Gasteiger partial charge < -0.3 is 9.64 Å². The first-order chi connectivity index (χ1) is 10.4. The highest BCUT2D eigenvalue weighted by molar-refractivity contribution is 5.98. The Morgan fingerprint density at radius 2 is 2.27 bits per heavy atom. The normalized spacial score (nSPS) is 17.5. The van der Waals surface area contributed by atoms with E-state index in [1.165, 1.54) is 11.8 Å². The minimum absolute atomic E-state index is 0.147. The van der Waals surface area contributed by atoms with Gasteiger partial charge >= 0.3 is 0 Å². The molecule has 0 radical (unpaired) electrons. The van der Waals surface area contributed by atoms with Gasteiger partial charge in [0, 0.05) is 31.2 Å². The summed E-state index contributed by atoms with van der Waals surface area (Å²) in [6.07, 6.45) is 0.855. The van der Waals surface area contributed by atoms with Crippen LogP contribution < -0.4 is 0 Å². The molecule has 0 unspecified atom stereocenters. The van der Waals surface area contributed by atoms with Crippen LogP contribution >= 0.6 is 0 Å². The van der Waals surface area contributed by atoms with Gasteiger partial charge in [-0.25, -0.2) is 4.39 Å². The van der Waals surface area contributed by atoms with E-state index in [2.05, 4.69) is 0 Å². The van der Waals surface area contributed by atoms with Crippen LogP contribution in [0.25, 0.3) is 0 Å². The van der Waals surface area contributed by atoms with Gasteiger partial charge in [0.1, 0.15) is 11.4 Å². The molecule has 120 valence electrons. The first kappa shape index (κ1) is 16.4. The van der Waals surface area contributed by atoms with Gasteiger partial charge in [0.15, 0.2) is 0 Å². The molecule has 7 heteroatoms. The number of amides is 1. The van der Waals surface area contributed by atoms with E-state index in [1.54, 1.807) is 6.92 Å². The van der Waals surface area contributed by atoms with Crippen molar-refractivity contribution in [1.82, 2.24) is 4.90 Å². The number of nitro benzene ring substituents is 1. The van der Waals surface area contributed by atoms with Crippen molar-refractivity contribution in [2.45, 2.75) is 20.3 Å². The minimum atomic E-state index is -0.647. The van der Waals surface area contributed by atoms with E-state index < -0.39 is 16.6 Å². The van der Waals surface area contributed by atoms with Crippen LogP contribution in [0.1, 0.15) is 29.3 Å². The molecule has 1 aromatic rings. The molecule has 0 aliphatic carbocycles. The number of carbonyl (C=O) groups excluding carboxylic acids is 1. The monoisotopic (exact) mass is 310 g/mol. The lowest BCUT2D eigenvalue weighted by molar-refractivity contribution is -0.385. The quantitative estimate of drug-likeness (QED) is 0.619. The van der Waals surface area contributed by atoms with E-state index in [9.17, 15) is 19.3 Å². The second kappa shape index (κ2) is 6.83. The lowest BCUT2D eigenvalue weighted by Gasteiger charge is -2.24. The number of carbonyl (C=O) groups is 1. The number of benzene rings is 1. The van der Waals surface area contributed by atoms with Crippen molar-refractivity contribution in [1.29, 1.82) is 0 Å². The van der Waals surface area contributed by atoms with E-state index in [0.29, 0.717) is 26.3 Å². The maximum absolute atomic E-state index is 13.6. The topological polar surface area (TPSA) is 72.7 Å². The van der Waals surface area contributed by atoms with Crippen molar-refractivity contribution in [3.8, 4) is 0 Å². The predicted molar refractivity (Wildman–Crippen MR) is 78.3 cm³/mol. The highest BCUT2D eigenvalue weighted by atomic mass is 19.1. The van der Waals surface area contributed by atoms with Crippen molar-refractivity contribution in [2.75, 3.05) is 26.3 Å². The van der Waals surface area contributed by atoms with Gasteiger partial charge in [-0.15, -0.1) is 0 Å². The standard InChI is InChI=1S/C15H19FN2O4/c1-3-17(8-11-4-5-22-9-11)15(19)13-7-12(16)6-10(2)14(13)18(20)21/h6-7,11H,3-5,8-9H2,1-2H3/t11-/m0/s1. The lowest BCUT2D eigenvalue weighted by Crippen LogP contribution is -2.36. The van der Waals surface area contributed by atoms with Gasteiger partial charge in [-0.3, -0.25) is 14.9 Å². The third-order valence-corrected chi connectivity index (χ3v) is 3.85. The van der Waals surface area contributed by atoms with Crippen LogP contribution in [0.5, 0.6) is 0 Å². The van der Waals surface area contributed by atoms with E-state index in [-0.39, 0.29) is 22.7 Å². The molecule has 0 aromatic heterocycles. The first-order valence-electron chi connectivity index (χ1n) is 7.25. The van der Waals surface area contributed by atoms with E-state index >= 15 is 0 Å². The number of hydrogen-bond donors (Lipinski definition) is 0. The summed E-state index contributed by atoms with van der Waals surface area (Å²) in [7, 11) is 0. The first-order valence-corrected chi connectivity index (χ1v) is 7.25. The van der Waals surface area contributed by atoms with Crippen LogP contribution in [0.3, 0.4) is 0 Å². The highest BCUT2D eigenvalue weighted by Crippen LogP contribution is 2.26. The summed E-state index contributed by atoms with van der Waals surface area (Å²) in [5.74, 6) is -0.937. The lowest BCUT2D eigenvalue weighted by atomic mass is 10.0. The largest absolute Gasteiger partial charge is 0.381 e. The third kappa shape index (κ3) is 3.41. The molecule has 1 aliphatic heterocycles. The van der Waals surface area contributed by atoms with Gasteiger partial charge in [0.05, 0.1) is 11.5 Å². The van der Waals surface area contributed by atoms with Crippen molar-refractivity contribution in [2.24, 2.45) is 5.92 Å². The Balaban J connectivity index is 2.31. The second-order valence-electron chi connectivity index (χ2n) is 5.45. The Morgan fingerprint density at radius 1 is 1.55 bits per heavy atom. The Morgan fingerprint density at radius 3 is 2.82 bits per heavy atom. The summed E-state index contributed by atoms with van der Waals surface area (Å²) < 4.78 is 18.9. The molecule has 0 N–H and O–H groups in total. The second-order valence-corrected chi connectivity index (χ2v) is 5.45. The molecule has 1 heterocycles. The van der Waals surface area contributed by atoms with Crippen LogP contribution in [0.4, 0.5) is 10.1 Å². The molecule has 6 nitrogen and oxygen atoms in total. The highest BCUT2D eigenvalue weighted by Gasteiger charge is 2.29. The molecule has 1 aliphatic rings. The summed E-state index contributed by atoms with van der Waals surface area (Å²) >= 11 is 0. The molecule has 0 spiro atoms. The van der Waals surface area contributed by atoms with Crippen LogP contribution in [0.2, 0.25) is 0 Å². The van der Waals surface area contributed by atoms with E-state index in [0.717, 1.165) is 18.6 Å². The zero-order valence-corrected chi connectivity index (χ0v) is 12.7. The van der Waals surface area contributed by atoms with Gasteiger partial charge in [0.25, 0.3) is 11.6 Å². The minimum Gasteiger partial charge on any atom is -0.381 e. The van der Waals surface area contributed by atoms with Gasteiger partial charge in [-0.2, -0.15) is 0 Å². The van der Waals surface area contributed by atoms with Gasteiger partial charge in [-0.05, 0) is 32.4 Å². The molecular weight excluding hydrogens is 291 g/mol. The van der Waals surface area contributed by atoms with Gasteiger partial charge in [0.2, 0.25) is 0 Å². The number of hydrogen-bond acceptors (Lipinski definition) is 4. The summed E-state index contributed by atoms with van der Waals surface area (Å²) in [5.41, 5.74) is -0.371. The van der Waals surface area contributed by atoms with E-state index in [4.69, 9.17) is 4.74 Å². The van der Waals surface area contributed by atoms with Crippen molar-refractivity contribution in [3.05, 3.63) is 39.2 Å². The maximum Gasteiger partial charge on any atom is 0.285 e. The van der Waals surface area contributed by atoms with Gasteiger partial charge in [-0.1, -0.05) is 0 Å². The summed E-state index contributed by atoms with van der Waals surface area (Å²) in [6.45, 7) is 5.33. The molecule has 1 atom stereocenters. The number of rotatable bonds is 5.